The van der Waals surface area contributed by atoms with E-state index >= 15 is 0 Å². The van der Waals surface area contributed by atoms with Crippen molar-refractivity contribution in [2.45, 2.75) is 65.6 Å². The summed E-state index contributed by atoms with van der Waals surface area (Å²) in [6.07, 6.45) is -1.36. The minimum atomic E-state index is -3.00. The molecule has 86 valence electrons. The van der Waals surface area contributed by atoms with E-state index in [2.05, 4.69) is 0 Å². The zero-order valence-electron chi connectivity index (χ0n) is 9.86. The quantitative estimate of drug-likeness (QED) is 0.635. The highest BCUT2D eigenvalue weighted by atomic mass is 19.3. The Hall–Kier alpha value is -0.180. The second kappa shape index (κ2) is 5.06. The number of halogens is 2. The zero-order chi connectivity index (χ0) is 11.4. The van der Waals surface area contributed by atoms with Crippen LogP contribution in [0, 0.1) is 5.92 Å². The number of ether oxygens (including phenoxy) is 1. The SMILES string of the molecule is CCC(C)C(F)(F)OC(C)(CC)CC. The third-order valence-corrected chi connectivity index (χ3v) is 3.06. The van der Waals surface area contributed by atoms with Gasteiger partial charge in [0.1, 0.15) is 0 Å². The molecule has 0 aliphatic carbocycles. The predicted molar refractivity (Wildman–Crippen MR) is 54.5 cm³/mol. The van der Waals surface area contributed by atoms with Crippen molar-refractivity contribution in [1.29, 1.82) is 0 Å². The first-order chi connectivity index (χ1) is 6.31. The molecule has 1 nitrogen and oxygen atoms in total. The largest absolute Gasteiger partial charge is 0.358 e. The molecule has 14 heavy (non-hydrogen) atoms. The van der Waals surface area contributed by atoms with Gasteiger partial charge in [0.2, 0.25) is 0 Å². The smallest absolute Gasteiger partial charge is 0.314 e. The van der Waals surface area contributed by atoms with Crippen molar-refractivity contribution in [3.63, 3.8) is 0 Å². The van der Waals surface area contributed by atoms with Gasteiger partial charge in [0, 0.05) is 5.92 Å². The summed E-state index contributed by atoms with van der Waals surface area (Å²) in [5.74, 6) is -0.722. The van der Waals surface area contributed by atoms with Crippen molar-refractivity contribution in [3.8, 4) is 0 Å². The number of alkyl halides is 2. The average Bonchev–Trinajstić information content (AvgIpc) is 2.15. The third kappa shape index (κ3) is 3.52. The number of hydrogen-bond donors (Lipinski definition) is 0. The van der Waals surface area contributed by atoms with Crippen molar-refractivity contribution in [1.82, 2.24) is 0 Å². The normalized spacial score (nSPS) is 15.6. The first kappa shape index (κ1) is 13.8. The van der Waals surface area contributed by atoms with E-state index < -0.39 is 17.6 Å². The van der Waals surface area contributed by atoms with Gasteiger partial charge in [-0.1, -0.05) is 27.7 Å². The zero-order valence-corrected chi connectivity index (χ0v) is 9.86. The van der Waals surface area contributed by atoms with Crippen molar-refractivity contribution in [3.05, 3.63) is 0 Å². The van der Waals surface area contributed by atoms with Crippen LogP contribution in [-0.4, -0.2) is 11.7 Å². The van der Waals surface area contributed by atoms with Gasteiger partial charge in [-0.05, 0) is 26.2 Å². The highest BCUT2D eigenvalue weighted by Gasteiger charge is 2.42. The van der Waals surface area contributed by atoms with E-state index in [0.717, 1.165) is 0 Å². The molecule has 3 heteroatoms. The van der Waals surface area contributed by atoms with Crippen molar-refractivity contribution < 1.29 is 13.5 Å². The topological polar surface area (TPSA) is 9.23 Å². The maximum Gasteiger partial charge on any atom is 0.358 e. The second-order valence-electron chi connectivity index (χ2n) is 4.13. The van der Waals surface area contributed by atoms with Crippen LogP contribution in [0.3, 0.4) is 0 Å². The van der Waals surface area contributed by atoms with Gasteiger partial charge in [-0.3, -0.25) is 0 Å². The number of rotatable bonds is 6. The van der Waals surface area contributed by atoms with Crippen LogP contribution in [0.25, 0.3) is 0 Å². The van der Waals surface area contributed by atoms with Crippen LogP contribution >= 0.6 is 0 Å². The second-order valence-corrected chi connectivity index (χ2v) is 4.13. The van der Waals surface area contributed by atoms with E-state index in [0.29, 0.717) is 19.3 Å². The maximum absolute atomic E-state index is 13.5. The molecule has 0 aromatic heterocycles. The molecule has 0 N–H and O–H groups in total. The summed E-state index contributed by atoms with van der Waals surface area (Å²) in [5, 5.41) is 0. The van der Waals surface area contributed by atoms with Crippen molar-refractivity contribution >= 4 is 0 Å². The fourth-order valence-electron chi connectivity index (χ4n) is 1.06. The summed E-state index contributed by atoms with van der Waals surface area (Å²) in [4.78, 5) is 0. The van der Waals surface area contributed by atoms with E-state index in [1.54, 1.807) is 13.8 Å². The van der Waals surface area contributed by atoms with Gasteiger partial charge in [-0.15, -0.1) is 0 Å². The maximum atomic E-state index is 13.5. The van der Waals surface area contributed by atoms with Crippen LogP contribution in [0.4, 0.5) is 8.78 Å². The summed E-state index contributed by atoms with van der Waals surface area (Å²) in [6, 6.07) is 0. The molecule has 0 rings (SSSR count). The Bertz CT molecular complexity index is 165. The Labute approximate surface area is 85.8 Å². The van der Waals surface area contributed by atoms with Crippen LogP contribution in [-0.2, 0) is 4.74 Å². The summed E-state index contributed by atoms with van der Waals surface area (Å²) >= 11 is 0. The molecule has 0 radical (unpaired) electrons. The lowest BCUT2D eigenvalue weighted by molar-refractivity contribution is -0.317. The summed E-state index contributed by atoms with van der Waals surface area (Å²) < 4.78 is 31.9. The molecule has 0 aromatic rings. The summed E-state index contributed by atoms with van der Waals surface area (Å²) in [7, 11) is 0. The standard InChI is InChI=1S/C11H22F2O/c1-6-9(4)11(12,13)14-10(5,7-2)8-3/h9H,6-8H2,1-5H3. The molecule has 0 aliphatic heterocycles. The lowest BCUT2D eigenvalue weighted by Crippen LogP contribution is -2.40. The van der Waals surface area contributed by atoms with Gasteiger partial charge in [0.25, 0.3) is 0 Å². The fourth-order valence-corrected chi connectivity index (χ4v) is 1.06. The van der Waals surface area contributed by atoms with Gasteiger partial charge in [-0.25, -0.2) is 0 Å². The number of hydrogen-bond acceptors (Lipinski definition) is 1. The average molecular weight is 208 g/mol. The Kier molecular flexibility index (Phi) is 4.99. The third-order valence-electron chi connectivity index (χ3n) is 3.06. The summed E-state index contributed by atoms with van der Waals surface area (Å²) in [5.41, 5.74) is -0.701. The van der Waals surface area contributed by atoms with Crippen LogP contribution in [0.15, 0.2) is 0 Å². The van der Waals surface area contributed by atoms with E-state index in [9.17, 15) is 8.78 Å². The molecule has 1 unspecified atom stereocenters. The summed E-state index contributed by atoms with van der Waals surface area (Å²) in [6.45, 7) is 8.75. The molecule has 0 saturated heterocycles. The first-order valence-electron chi connectivity index (χ1n) is 5.39. The van der Waals surface area contributed by atoms with Crippen molar-refractivity contribution in [2.75, 3.05) is 0 Å². The predicted octanol–water partition coefficient (Wildman–Crippen LogP) is 4.22. The highest BCUT2D eigenvalue weighted by Crippen LogP contribution is 2.35. The minimum Gasteiger partial charge on any atom is -0.314 e. The van der Waals surface area contributed by atoms with Gasteiger partial charge in [0.05, 0.1) is 5.60 Å². The van der Waals surface area contributed by atoms with Gasteiger partial charge in [-0.2, -0.15) is 8.78 Å². The minimum absolute atomic E-state index is 0.427. The molecule has 0 aromatic carbocycles. The Balaban J connectivity index is 4.47. The highest BCUT2D eigenvalue weighted by molar-refractivity contribution is 4.75. The van der Waals surface area contributed by atoms with E-state index in [1.165, 1.54) is 6.92 Å². The van der Waals surface area contributed by atoms with Crippen molar-refractivity contribution in [2.24, 2.45) is 5.92 Å². The van der Waals surface area contributed by atoms with Gasteiger partial charge >= 0.3 is 6.11 Å². The molecule has 0 amide bonds. The molecule has 0 fully saturated rings. The Morgan fingerprint density at radius 3 is 1.86 bits per heavy atom. The fraction of sp³-hybridized carbons (Fsp3) is 1.00. The molecule has 0 heterocycles. The Morgan fingerprint density at radius 1 is 1.14 bits per heavy atom. The van der Waals surface area contributed by atoms with Crippen LogP contribution in [0.2, 0.25) is 0 Å². The van der Waals surface area contributed by atoms with E-state index in [1.807, 2.05) is 13.8 Å². The lowest BCUT2D eigenvalue weighted by atomic mass is 9.99. The molecular formula is C11H22F2O. The lowest BCUT2D eigenvalue weighted by Gasteiger charge is -2.34. The first-order valence-corrected chi connectivity index (χ1v) is 5.39. The molecule has 0 bridgehead atoms. The molecule has 0 spiro atoms. The molecule has 0 saturated carbocycles. The monoisotopic (exact) mass is 208 g/mol. The van der Waals surface area contributed by atoms with Gasteiger partial charge < -0.3 is 4.74 Å². The molecule has 0 aliphatic rings. The molecule has 1 atom stereocenters. The van der Waals surface area contributed by atoms with E-state index in [4.69, 9.17) is 4.74 Å². The van der Waals surface area contributed by atoms with E-state index in [-0.39, 0.29) is 0 Å². The Morgan fingerprint density at radius 2 is 1.57 bits per heavy atom. The van der Waals surface area contributed by atoms with Crippen LogP contribution in [0.5, 0.6) is 0 Å². The molecular weight excluding hydrogens is 186 g/mol. The van der Waals surface area contributed by atoms with Crippen LogP contribution in [0.1, 0.15) is 53.9 Å². The van der Waals surface area contributed by atoms with Gasteiger partial charge in [0.15, 0.2) is 0 Å². The van der Waals surface area contributed by atoms with Crippen LogP contribution < -0.4 is 0 Å².